The number of methoxy groups -OCH3 is 1. The summed E-state index contributed by atoms with van der Waals surface area (Å²) in [6.45, 7) is 7.23. The number of amides is 2. The van der Waals surface area contributed by atoms with E-state index in [1.807, 2.05) is 6.92 Å². The van der Waals surface area contributed by atoms with Crippen molar-refractivity contribution in [1.29, 1.82) is 0 Å². The number of urea groups is 1. The third-order valence-electron chi connectivity index (χ3n) is 2.70. The molecule has 0 rings (SSSR count). The van der Waals surface area contributed by atoms with Crippen molar-refractivity contribution >= 4 is 12.0 Å². The van der Waals surface area contributed by atoms with E-state index in [9.17, 15) is 9.59 Å². The molecule has 0 aromatic carbocycles. The topological polar surface area (TPSA) is 78.9 Å². The van der Waals surface area contributed by atoms with Gasteiger partial charge >= 0.3 is 12.0 Å². The van der Waals surface area contributed by atoms with Gasteiger partial charge in [-0.3, -0.25) is 0 Å². The van der Waals surface area contributed by atoms with Crippen molar-refractivity contribution in [3.63, 3.8) is 0 Å². The first kappa shape index (κ1) is 15.7. The molecular formula is C11H22N2O4. The largest absolute Gasteiger partial charge is 0.480 e. The minimum Gasteiger partial charge on any atom is -0.480 e. The van der Waals surface area contributed by atoms with Gasteiger partial charge in [0.2, 0.25) is 0 Å². The summed E-state index contributed by atoms with van der Waals surface area (Å²) in [7, 11) is 1.55. The van der Waals surface area contributed by atoms with Gasteiger partial charge in [0.1, 0.15) is 5.54 Å². The molecule has 0 heterocycles. The number of carbonyl (C=O) groups is 2. The molecule has 0 fully saturated rings. The molecular weight excluding hydrogens is 224 g/mol. The molecule has 0 saturated heterocycles. The predicted molar refractivity (Wildman–Crippen MR) is 64.0 cm³/mol. The summed E-state index contributed by atoms with van der Waals surface area (Å²) in [4.78, 5) is 24.2. The van der Waals surface area contributed by atoms with Gasteiger partial charge in [-0.15, -0.1) is 0 Å². The normalized spacial score (nSPS) is 13.0. The van der Waals surface area contributed by atoms with E-state index in [1.54, 1.807) is 14.0 Å². The Labute approximate surface area is 102 Å². The highest BCUT2D eigenvalue weighted by Crippen LogP contribution is 2.14. The van der Waals surface area contributed by atoms with Crippen molar-refractivity contribution in [3.05, 3.63) is 0 Å². The number of ether oxygens (including phenoxy) is 1. The molecule has 0 aliphatic carbocycles. The van der Waals surface area contributed by atoms with E-state index in [4.69, 9.17) is 9.84 Å². The zero-order chi connectivity index (χ0) is 13.6. The predicted octanol–water partition coefficient (Wildman–Crippen LogP) is 0.916. The number of aliphatic carboxylic acids is 1. The van der Waals surface area contributed by atoms with Crippen LogP contribution >= 0.6 is 0 Å². The molecule has 6 heteroatoms. The molecule has 1 atom stereocenters. The molecule has 0 spiro atoms. The van der Waals surface area contributed by atoms with Crippen LogP contribution in [0.2, 0.25) is 0 Å². The second-order valence-electron chi connectivity index (χ2n) is 4.34. The van der Waals surface area contributed by atoms with Gasteiger partial charge in [-0.1, -0.05) is 0 Å². The molecule has 2 N–H and O–H groups in total. The van der Waals surface area contributed by atoms with E-state index >= 15 is 0 Å². The summed E-state index contributed by atoms with van der Waals surface area (Å²) < 4.78 is 5.00. The average Bonchev–Trinajstić information content (AvgIpc) is 2.26. The summed E-state index contributed by atoms with van der Waals surface area (Å²) in [5.74, 6) is -1.03. The number of carbonyl (C=O) groups excluding carboxylic acids is 1. The molecule has 0 aromatic rings. The van der Waals surface area contributed by atoms with E-state index in [2.05, 4.69) is 5.32 Å². The van der Waals surface area contributed by atoms with Crippen LogP contribution in [0.25, 0.3) is 0 Å². The Morgan fingerprint density at radius 2 is 2.00 bits per heavy atom. The highest BCUT2D eigenvalue weighted by Gasteiger charge is 2.36. The average molecular weight is 246 g/mol. The lowest BCUT2D eigenvalue weighted by Gasteiger charge is -2.34. The zero-order valence-electron chi connectivity index (χ0n) is 11.1. The fourth-order valence-electron chi connectivity index (χ4n) is 1.32. The van der Waals surface area contributed by atoms with Crippen LogP contribution in [0, 0.1) is 0 Å². The van der Waals surface area contributed by atoms with E-state index in [0.29, 0.717) is 13.1 Å². The molecule has 0 saturated carbocycles. The van der Waals surface area contributed by atoms with Crippen LogP contribution in [0.5, 0.6) is 0 Å². The van der Waals surface area contributed by atoms with Crippen LogP contribution in [-0.2, 0) is 9.53 Å². The van der Waals surface area contributed by atoms with Crippen molar-refractivity contribution in [1.82, 2.24) is 10.2 Å². The Morgan fingerprint density at radius 1 is 1.47 bits per heavy atom. The summed E-state index contributed by atoms with van der Waals surface area (Å²) >= 11 is 0. The van der Waals surface area contributed by atoms with Gasteiger partial charge in [0.05, 0.1) is 6.10 Å². The maximum atomic E-state index is 11.8. The minimum absolute atomic E-state index is 0.106. The molecule has 0 bridgehead atoms. The lowest BCUT2D eigenvalue weighted by Crippen LogP contribution is -2.56. The smallest absolute Gasteiger partial charge is 0.329 e. The van der Waals surface area contributed by atoms with Crippen LogP contribution in [0.15, 0.2) is 0 Å². The Bertz CT molecular complexity index is 279. The first-order valence-electron chi connectivity index (χ1n) is 5.59. The van der Waals surface area contributed by atoms with E-state index in [-0.39, 0.29) is 6.10 Å². The molecule has 17 heavy (non-hydrogen) atoms. The number of carboxylic acid groups (broad SMARTS) is 1. The van der Waals surface area contributed by atoms with Crippen molar-refractivity contribution in [2.75, 3.05) is 20.2 Å². The van der Waals surface area contributed by atoms with Crippen LogP contribution in [0.3, 0.4) is 0 Å². The fraction of sp³-hybridized carbons (Fsp3) is 0.818. The van der Waals surface area contributed by atoms with Crippen LogP contribution < -0.4 is 5.32 Å². The number of hydrogen-bond acceptors (Lipinski definition) is 3. The number of likely N-dealkylation sites (N-methyl/N-ethyl adjacent to an activating group) is 1. The molecule has 0 aliphatic heterocycles. The quantitative estimate of drug-likeness (QED) is 0.730. The van der Waals surface area contributed by atoms with Crippen molar-refractivity contribution < 1.29 is 19.4 Å². The molecule has 0 radical (unpaired) electrons. The highest BCUT2D eigenvalue weighted by atomic mass is 16.5. The Morgan fingerprint density at radius 3 is 2.35 bits per heavy atom. The number of nitrogens with one attached hydrogen (secondary N) is 1. The van der Waals surface area contributed by atoms with Gasteiger partial charge in [-0.05, 0) is 27.7 Å². The van der Waals surface area contributed by atoms with Gasteiger partial charge < -0.3 is 20.1 Å². The van der Waals surface area contributed by atoms with Gasteiger partial charge in [-0.2, -0.15) is 0 Å². The first-order chi connectivity index (χ1) is 7.77. The van der Waals surface area contributed by atoms with Crippen molar-refractivity contribution in [2.45, 2.75) is 39.3 Å². The summed E-state index contributed by atoms with van der Waals surface area (Å²) in [6.07, 6.45) is -0.106. The van der Waals surface area contributed by atoms with E-state index < -0.39 is 17.5 Å². The lowest BCUT2D eigenvalue weighted by molar-refractivity contribution is -0.147. The van der Waals surface area contributed by atoms with Gasteiger partial charge in [0, 0.05) is 20.2 Å². The van der Waals surface area contributed by atoms with Crippen LogP contribution in [-0.4, -0.2) is 53.8 Å². The van der Waals surface area contributed by atoms with Crippen LogP contribution in [0.4, 0.5) is 4.79 Å². The minimum atomic E-state index is -1.23. The Hall–Kier alpha value is -1.30. The van der Waals surface area contributed by atoms with Gasteiger partial charge in [-0.25, -0.2) is 9.59 Å². The van der Waals surface area contributed by atoms with Crippen molar-refractivity contribution in [2.24, 2.45) is 0 Å². The molecule has 0 aliphatic rings. The second-order valence-corrected chi connectivity index (χ2v) is 4.34. The SMILES string of the molecule is CCN(C(=O)NCC(C)OC)C(C)(C)C(=O)O. The Kier molecular flexibility index (Phi) is 5.95. The molecule has 100 valence electrons. The third-order valence-corrected chi connectivity index (χ3v) is 2.70. The first-order valence-corrected chi connectivity index (χ1v) is 5.59. The molecule has 2 amide bonds. The van der Waals surface area contributed by atoms with Crippen molar-refractivity contribution in [3.8, 4) is 0 Å². The standard InChI is InChI=1S/C11H22N2O4/c1-6-13(11(3,4)9(14)15)10(16)12-7-8(2)17-5/h8H,6-7H2,1-5H3,(H,12,16)(H,14,15). The summed E-state index contributed by atoms with van der Waals surface area (Å²) in [5, 5.41) is 11.7. The highest BCUT2D eigenvalue weighted by molar-refractivity contribution is 5.85. The van der Waals surface area contributed by atoms with E-state index in [0.717, 1.165) is 0 Å². The molecule has 0 aromatic heterocycles. The van der Waals surface area contributed by atoms with Gasteiger partial charge in [0.15, 0.2) is 0 Å². The number of carboxylic acids is 1. The third kappa shape index (κ3) is 4.22. The zero-order valence-corrected chi connectivity index (χ0v) is 11.1. The van der Waals surface area contributed by atoms with E-state index in [1.165, 1.54) is 18.7 Å². The van der Waals surface area contributed by atoms with Crippen LogP contribution in [0.1, 0.15) is 27.7 Å². The maximum absolute atomic E-state index is 11.8. The fourth-order valence-corrected chi connectivity index (χ4v) is 1.32. The summed E-state index contributed by atoms with van der Waals surface area (Å²) in [5.41, 5.74) is -1.23. The van der Waals surface area contributed by atoms with Gasteiger partial charge in [0.25, 0.3) is 0 Å². The number of hydrogen-bond donors (Lipinski definition) is 2. The second kappa shape index (κ2) is 6.44. The maximum Gasteiger partial charge on any atom is 0.329 e. The lowest BCUT2D eigenvalue weighted by atomic mass is 10.0. The molecule has 6 nitrogen and oxygen atoms in total. The monoisotopic (exact) mass is 246 g/mol. The molecule has 1 unspecified atom stereocenters. The number of rotatable bonds is 6. The Balaban J connectivity index is 4.57. The summed E-state index contributed by atoms with van der Waals surface area (Å²) in [6, 6.07) is -0.399. The number of nitrogens with zero attached hydrogens (tertiary/aromatic N) is 1.